The van der Waals surface area contributed by atoms with Crippen molar-refractivity contribution in [3.63, 3.8) is 0 Å². The van der Waals surface area contributed by atoms with E-state index in [1.165, 1.54) is 0 Å². The van der Waals surface area contributed by atoms with Gasteiger partial charge in [0.25, 0.3) is 0 Å². The number of aliphatic imine (C=N–C) groups is 1. The van der Waals surface area contributed by atoms with Crippen LogP contribution in [0.3, 0.4) is 0 Å². The van der Waals surface area contributed by atoms with Crippen molar-refractivity contribution in [2.24, 2.45) is 10.7 Å². The molecule has 98 valence electrons. The summed E-state index contributed by atoms with van der Waals surface area (Å²) in [6, 6.07) is 20.2. The van der Waals surface area contributed by atoms with Gasteiger partial charge in [0, 0.05) is 10.9 Å². The zero-order chi connectivity index (χ0) is 13.9. The number of aromatic nitrogens is 1. The quantitative estimate of drug-likeness (QED) is 0.561. The Balaban J connectivity index is 2.12. The third kappa shape index (κ3) is 2.52. The molecule has 0 bridgehead atoms. The molecular weight excluding hydrogens is 246 g/mol. The summed E-state index contributed by atoms with van der Waals surface area (Å²) >= 11 is 0. The van der Waals surface area contributed by atoms with E-state index >= 15 is 0 Å². The lowest BCUT2D eigenvalue weighted by molar-refractivity contribution is 1.38. The minimum atomic E-state index is 0.545. The summed E-state index contributed by atoms with van der Waals surface area (Å²) in [6.07, 6.45) is 0. The molecule has 0 atom stereocenters. The molecule has 0 saturated carbocycles. The summed E-state index contributed by atoms with van der Waals surface area (Å²) in [6.45, 7) is 1.78. The molecule has 3 heteroatoms. The highest BCUT2D eigenvalue weighted by molar-refractivity contribution is 5.86. The van der Waals surface area contributed by atoms with Gasteiger partial charge in [-0.2, -0.15) is 0 Å². The van der Waals surface area contributed by atoms with Gasteiger partial charge in [0.1, 0.15) is 0 Å². The van der Waals surface area contributed by atoms with Crippen LogP contribution >= 0.6 is 0 Å². The molecule has 0 unspecified atom stereocenters. The van der Waals surface area contributed by atoms with E-state index in [2.05, 4.69) is 23.2 Å². The maximum Gasteiger partial charge on any atom is 0.0964 e. The third-order valence-corrected chi connectivity index (χ3v) is 3.05. The Morgan fingerprint density at radius 2 is 1.75 bits per heavy atom. The van der Waals surface area contributed by atoms with E-state index in [-0.39, 0.29) is 0 Å². The normalized spacial score (nSPS) is 11.8. The molecule has 1 aromatic heterocycles. The smallest absolute Gasteiger partial charge is 0.0964 e. The highest BCUT2D eigenvalue weighted by atomic mass is 14.8. The Labute approximate surface area is 117 Å². The predicted octanol–water partition coefficient (Wildman–Crippen LogP) is 3.91. The van der Waals surface area contributed by atoms with Gasteiger partial charge in [-0.15, -0.1) is 0 Å². The fraction of sp³-hybridized carbons (Fsp3) is 0.0588. The summed E-state index contributed by atoms with van der Waals surface area (Å²) in [5.41, 5.74) is 9.44. The first-order chi connectivity index (χ1) is 9.72. The van der Waals surface area contributed by atoms with Crippen LogP contribution in [0.25, 0.3) is 22.2 Å². The lowest BCUT2D eigenvalue weighted by Gasteiger charge is -2.04. The molecule has 0 amide bonds. The van der Waals surface area contributed by atoms with E-state index in [9.17, 15) is 0 Å². The first-order valence-corrected chi connectivity index (χ1v) is 6.49. The van der Waals surface area contributed by atoms with Crippen LogP contribution < -0.4 is 5.73 Å². The Morgan fingerprint density at radius 1 is 1.00 bits per heavy atom. The van der Waals surface area contributed by atoms with Crippen molar-refractivity contribution in [1.29, 1.82) is 0 Å². The Morgan fingerprint density at radius 3 is 2.50 bits per heavy atom. The molecule has 0 fully saturated rings. The van der Waals surface area contributed by atoms with Crippen LogP contribution in [0, 0.1) is 0 Å². The first-order valence-electron chi connectivity index (χ1n) is 6.49. The van der Waals surface area contributed by atoms with Gasteiger partial charge in [0.15, 0.2) is 0 Å². The molecule has 3 nitrogen and oxygen atoms in total. The Kier molecular flexibility index (Phi) is 3.17. The monoisotopic (exact) mass is 261 g/mol. The van der Waals surface area contributed by atoms with E-state index < -0.39 is 0 Å². The van der Waals surface area contributed by atoms with Crippen LogP contribution in [0.5, 0.6) is 0 Å². The van der Waals surface area contributed by atoms with E-state index in [0.29, 0.717) is 5.84 Å². The van der Waals surface area contributed by atoms with Crippen LogP contribution in [0.2, 0.25) is 0 Å². The molecule has 3 rings (SSSR count). The van der Waals surface area contributed by atoms with Gasteiger partial charge >= 0.3 is 0 Å². The van der Waals surface area contributed by atoms with Crippen molar-refractivity contribution in [3.05, 3.63) is 60.7 Å². The van der Waals surface area contributed by atoms with Gasteiger partial charge in [-0.05, 0) is 25.1 Å². The number of nitrogens with two attached hydrogens (primary N) is 1. The number of amidine groups is 1. The zero-order valence-electron chi connectivity index (χ0n) is 11.2. The fourth-order valence-electron chi connectivity index (χ4n) is 2.15. The molecule has 3 aromatic rings. The number of rotatable bonds is 2. The molecule has 0 aliphatic carbocycles. The number of hydrogen-bond donors (Lipinski definition) is 1. The van der Waals surface area contributed by atoms with Crippen molar-refractivity contribution in [3.8, 4) is 11.3 Å². The second-order valence-electron chi connectivity index (χ2n) is 4.69. The SMILES string of the molecule is CC(N)=Nc1ccc2ccc(-c3ccccc3)nc2c1. The van der Waals surface area contributed by atoms with Crippen LogP contribution in [0.4, 0.5) is 5.69 Å². The van der Waals surface area contributed by atoms with E-state index in [1.807, 2.05) is 42.5 Å². The number of fused-ring (bicyclic) bond motifs is 1. The molecular formula is C17H15N3. The first kappa shape index (κ1) is 12.4. The number of pyridine rings is 1. The van der Waals surface area contributed by atoms with Crippen molar-refractivity contribution < 1.29 is 0 Å². The average Bonchev–Trinajstić information content (AvgIpc) is 2.47. The lowest BCUT2D eigenvalue weighted by Crippen LogP contribution is -2.03. The molecule has 1 heterocycles. The van der Waals surface area contributed by atoms with Gasteiger partial charge in [-0.25, -0.2) is 9.98 Å². The maximum atomic E-state index is 5.62. The van der Waals surface area contributed by atoms with E-state index in [0.717, 1.165) is 27.8 Å². The van der Waals surface area contributed by atoms with Crippen LogP contribution in [0.15, 0.2) is 65.7 Å². The topological polar surface area (TPSA) is 51.3 Å². The molecule has 20 heavy (non-hydrogen) atoms. The van der Waals surface area contributed by atoms with Crippen LogP contribution in [-0.4, -0.2) is 10.8 Å². The summed E-state index contributed by atoms with van der Waals surface area (Å²) in [5.74, 6) is 0.545. The lowest BCUT2D eigenvalue weighted by atomic mass is 10.1. The highest BCUT2D eigenvalue weighted by Crippen LogP contribution is 2.24. The largest absolute Gasteiger partial charge is 0.387 e. The fourth-order valence-corrected chi connectivity index (χ4v) is 2.15. The zero-order valence-corrected chi connectivity index (χ0v) is 11.2. The number of nitrogens with zero attached hydrogens (tertiary/aromatic N) is 2. The standard InChI is InChI=1S/C17H15N3/c1-12(18)19-15-9-7-14-8-10-16(20-17(14)11-15)13-5-3-2-4-6-13/h2-11H,1H3,(H2,18,19). The van der Waals surface area contributed by atoms with Crippen molar-refractivity contribution in [2.45, 2.75) is 6.92 Å². The minimum absolute atomic E-state index is 0.545. The molecule has 0 spiro atoms. The van der Waals surface area contributed by atoms with Crippen LogP contribution in [0.1, 0.15) is 6.92 Å². The van der Waals surface area contributed by atoms with Crippen molar-refractivity contribution in [1.82, 2.24) is 4.98 Å². The summed E-state index contributed by atoms with van der Waals surface area (Å²) in [5, 5.41) is 1.10. The number of hydrogen-bond acceptors (Lipinski definition) is 2. The minimum Gasteiger partial charge on any atom is -0.387 e. The molecule has 2 N–H and O–H groups in total. The molecule has 0 radical (unpaired) electrons. The summed E-state index contributed by atoms with van der Waals surface area (Å²) < 4.78 is 0. The average molecular weight is 261 g/mol. The second kappa shape index (κ2) is 5.13. The van der Waals surface area contributed by atoms with E-state index in [1.54, 1.807) is 6.92 Å². The van der Waals surface area contributed by atoms with Gasteiger partial charge in [-0.1, -0.05) is 42.5 Å². The third-order valence-electron chi connectivity index (χ3n) is 3.05. The van der Waals surface area contributed by atoms with Crippen molar-refractivity contribution >= 4 is 22.4 Å². The highest BCUT2D eigenvalue weighted by Gasteiger charge is 2.02. The molecule has 0 aliphatic rings. The Hall–Kier alpha value is -2.68. The molecule has 2 aromatic carbocycles. The van der Waals surface area contributed by atoms with Gasteiger partial charge in [0.05, 0.1) is 22.7 Å². The van der Waals surface area contributed by atoms with Gasteiger partial charge < -0.3 is 5.73 Å². The second-order valence-corrected chi connectivity index (χ2v) is 4.69. The molecule has 0 aliphatic heterocycles. The van der Waals surface area contributed by atoms with Crippen molar-refractivity contribution in [2.75, 3.05) is 0 Å². The summed E-state index contributed by atoms with van der Waals surface area (Å²) in [4.78, 5) is 8.97. The van der Waals surface area contributed by atoms with E-state index in [4.69, 9.17) is 10.7 Å². The van der Waals surface area contributed by atoms with Gasteiger partial charge in [0.2, 0.25) is 0 Å². The number of benzene rings is 2. The maximum absolute atomic E-state index is 5.62. The Bertz CT molecular complexity index is 773. The summed E-state index contributed by atoms with van der Waals surface area (Å²) in [7, 11) is 0. The molecule has 0 saturated heterocycles. The van der Waals surface area contributed by atoms with Crippen LogP contribution in [-0.2, 0) is 0 Å². The van der Waals surface area contributed by atoms with Gasteiger partial charge in [-0.3, -0.25) is 0 Å². The predicted molar refractivity (Wildman–Crippen MR) is 84.1 cm³/mol.